The number of rotatable bonds is 2. The molecular weight excluding hydrogens is 266 g/mol. The Labute approximate surface area is 120 Å². The predicted molar refractivity (Wildman–Crippen MR) is 82.0 cm³/mol. The maximum Gasteiger partial charge on any atom is 0.126 e. The Balaban J connectivity index is 1.95. The van der Waals surface area contributed by atoms with Gasteiger partial charge < -0.3 is 0 Å². The van der Waals surface area contributed by atoms with Crippen molar-refractivity contribution in [2.24, 2.45) is 0 Å². The van der Waals surface area contributed by atoms with Gasteiger partial charge in [-0.15, -0.1) is 11.3 Å². The highest BCUT2D eigenvalue weighted by molar-refractivity contribution is 7.25. The van der Waals surface area contributed by atoms with Crippen LogP contribution in [-0.2, 0) is 6.42 Å². The Morgan fingerprint density at radius 2 is 1.90 bits per heavy atom. The van der Waals surface area contributed by atoms with E-state index in [4.69, 9.17) is 0 Å². The summed E-state index contributed by atoms with van der Waals surface area (Å²) >= 11 is 1.65. The van der Waals surface area contributed by atoms with Gasteiger partial charge in [-0.3, -0.25) is 0 Å². The second kappa shape index (κ2) is 4.65. The second-order valence-electron chi connectivity index (χ2n) is 4.65. The Bertz CT molecular complexity index is 884. The average Bonchev–Trinajstić information content (AvgIpc) is 2.88. The third kappa shape index (κ3) is 1.85. The summed E-state index contributed by atoms with van der Waals surface area (Å²) in [6.07, 6.45) is 6.24. The van der Waals surface area contributed by atoms with E-state index >= 15 is 0 Å². The van der Waals surface area contributed by atoms with Crippen LogP contribution >= 0.6 is 11.3 Å². The molecule has 0 radical (unpaired) electrons. The normalized spacial score (nSPS) is 11.2. The molecule has 0 atom stereocenters. The molecule has 3 nitrogen and oxygen atoms in total. The summed E-state index contributed by atoms with van der Waals surface area (Å²) in [5, 5.41) is 1.17. The minimum absolute atomic E-state index is 0.899. The van der Waals surface area contributed by atoms with Crippen LogP contribution in [0.4, 0.5) is 0 Å². The lowest BCUT2D eigenvalue weighted by Gasteiger charge is -2.03. The van der Waals surface area contributed by atoms with E-state index in [-0.39, 0.29) is 0 Å². The lowest BCUT2D eigenvalue weighted by molar-refractivity contribution is 1.20. The first-order valence-corrected chi connectivity index (χ1v) is 7.23. The molecule has 20 heavy (non-hydrogen) atoms. The smallest absolute Gasteiger partial charge is 0.126 e. The van der Waals surface area contributed by atoms with E-state index in [0.29, 0.717) is 0 Å². The number of thiophene rings is 1. The molecule has 1 aromatic carbocycles. The standard InChI is InChI=1S/C16H11N3S/c1-2-4-11(5-3-1)8-12-6-7-18-16-14(12)15-13(20-16)9-17-10-19-15/h1-7,9-10H,8H2. The van der Waals surface area contributed by atoms with Gasteiger partial charge in [-0.05, 0) is 23.6 Å². The minimum Gasteiger partial charge on any atom is -0.245 e. The zero-order valence-electron chi connectivity index (χ0n) is 10.7. The molecule has 0 aliphatic rings. The first kappa shape index (κ1) is 11.5. The number of aromatic nitrogens is 3. The molecule has 0 aliphatic heterocycles. The van der Waals surface area contributed by atoms with Crippen LogP contribution in [0.3, 0.4) is 0 Å². The molecule has 3 aromatic heterocycles. The number of hydrogen-bond acceptors (Lipinski definition) is 4. The van der Waals surface area contributed by atoms with Crippen LogP contribution in [0.15, 0.2) is 55.1 Å². The maximum absolute atomic E-state index is 4.47. The Morgan fingerprint density at radius 1 is 1.00 bits per heavy atom. The summed E-state index contributed by atoms with van der Waals surface area (Å²) in [6, 6.07) is 12.6. The quantitative estimate of drug-likeness (QED) is 0.559. The van der Waals surface area contributed by atoms with Gasteiger partial charge in [0.15, 0.2) is 0 Å². The molecule has 0 spiro atoms. The van der Waals surface area contributed by atoms with Crippen molar-refractivity contribution < 1.29 is 0 Å². The summed E-state index contributed by atoms with van der Waals surface area (Å²) in [5.74, 6) is 0. The summed E-state index contributed by atoms with van der Waals surface area (Å²) in [7, 11) is 0. The van der Waals surface area contributed by atoms with E-state index < -0.39 is 0 Å². The van der Waals surface area contributed by atoms with E-state index in [1.165, 1.54) is 16.5 Å². The molecule has 4 aromatic rings. The summed E-state index contributed by atoms with van der Waals surface area (Å²) in [4.78, 5) is 14.0. The van der Waals surface area contributed by atoms with E-state index in [2.05, 4.69) is 45.3 Å². The topological polar surface area (TPSA) is 38.7 Å². The molecule has 0 aliphatic carbocycles. The molecule has 4 rings (SSSR count). The van der Waals surface area contributed by atoms with Gasteiger partial charge in [0.05, 0.1) is 10.2 Å². The van der Waals surface area contributed by atoms with Crippen LogP contribution in [0.1, 0.15) is 11.1 Å². The number of benzene rings is 1. The van der Waals surface area contributed by atoms with Crippen LogP contribution in [0.2, 0.25) is 0 Å². The van der Waals surface area contributed by atoms with Crippen molar-refractivity contribution >= 4 is 31.8 Å². The summed E-state index contributed by atoms with van der Waals surface area (Å²) in [6.45, 7) is 0. The molecule has 0 fully saturated rings. The third-order valence-corrected chi connectivity index (χ3v) is 4.38. The molecule has 0 saturated heterocycles. The van der Waals surface area contributed by atoms with Crippen LogP contribution in [-0.4, -0.2) is 15.0 Å². The largest absolute Gasteiger partial charge is 0.245 e. The van der Waals surface area contributed by atoms with Gasteiger partial charge in [0, 0.05) is 17.8 Å². The van der Waals surface area contributed by atoms with Gasteiger partial charge in [0.25, 0.3) is 0 Å². The lowest BCUT2D eigenvalue weighted by atomic mass is 10.0. The molecule has 0 bridgehead atoms. The minimum atomic E-state index is 0.899. The number of pyridine rings is 1. The Morgan fingerprint density at radius 3 is 2.80 bits per heavy atom. The third-order valence-electron chi connectivity index (χ3n) is 3.36. The molecule has 4 heteroatoms. The highest BCUT2D eigenvalue weighted by Crippen LogP contribution is 2.33. The first-order valence-electron chi connectivity index (χ1n) is 6.42. The molecule has 0 saturated carbocycles. The average molecular weight is 277 g/mol. The van der Waals surface area contributed by atoms with Crippen molar-refractivity contribution in [3.05, 3.63) is 66.2 Å². The van der Waals surface area contributed by atoms with E-state index in [1.807, 2.05) is 18.5 Å². The van der Waals surface area contributed by atoms with Gasteiger partial charge in [-0.1, -0.05) is 30.3 Å². The van der Waals surface area contributed by atoms with Gasteiger partial charge in [0.2, 0.25) is 0 Å². The van der Waals surface area contributed by atoms with E-state index in [9.17, 15) is 0 Å². The highest BCUT2D eigenvalue weighted by atomic mass is 32.1. The molecule has 0 amide bonds. The van der Waals surface area contributed by atoms with Crippen LogP contribution < -0.4 is 0 Å². The van der Waals surface area contributed by atoms with Gasteiger partial charge in [-0.25, -0.2) is 15.0 Å². The fraction of sp³-hybridized carbons (Fsp3) is 0.0625. The number of nitrogens with zero attached hydrogens (tertiary/aromatic N) is 3. The fourth-order valence-corrected chi connectivity index (χ4v) is 3.47. The van der Waals surface area contributed by atoms with E-state index in [1.54, 1.807) is 17.7 Å². The van der Waals surface area contributed by atoms with Crippen LogP contribution in [0.5, 0.6) is 0 Å². The van der Waals surface area contributed by atoms with Gasteiger partial charge >= 0.3 is 0 Å². The zero-order valence-corrected chi connectivity index (χ0v) is 11.5. The monoisotopic (exact) mass is 277 g/mol. The van der Waals surface area contributed by atoms with E-state index in [0.717, 1.165) is 21.5 Å². The Kier molecular flexibility index (Phi) is 2.67. The van der Waals surface area contributed by atoms with Crippen LogP contribution in [0, 0.1) is 0 Å². The lowest BCUT2D eigenvalue weighted by Crippen LogP contribution is -1.90. The molecule has 3 heterocycles. The molecule has 96 valence electrons. The summed E-state index contributed by atoms with van der Waals surface area (Å²) in [5.41, 5.74) is 3.58. The van der Waals surface area contributed by atoms with Crippen molar-refractivity contribution in [2.45, 2.75) is 6.42 Å². The highest BCUT2D eigenvalue weighted by Gasteiger charge is 2.11. The number of hydrogen-bond donors (Lipinski definition) is 0. The van der Waals surface area contributed by atoms with Crippen molar-refractivity contribution in [2.75, 3.05) is 0 Å². The van der Waals surface area contributed by atoms with Gasteiger partial charge in [0.1, 0.15) is 11.2 Å². The SMILES string of the molecule is c1ccc(Cc2ccnc3sc4cncnc4c23)cc1. The first-order chi connectivity index (χ1) is 9.92. The van der Waals surface area contributed by atoms with Crippen molar-refractivity contribution in [3.8, 4) is 0 Å². The summed E-state index contributed by atoms with van der Waals surface area (Å²) < 4.78 is 1.09. The van der Waals surface area contributed by atoms with Gasteiger partial charge in [-0.2, -0.15) is 0 Å². The van der Waals surface area contributed by atoms with Crippen LogP contribution in [0.25, 0.3) is 20.4 Å². The molecular formula is C16H11N3S. The van der Waals surface area contributed by atoms with Crippen molar-refractivity contribution in [1.29, 1.82) is 0 Å². The zero-order chi connectivity index (χ0) is 13.4. The fourth-order valence-electron chi connectivity index (χ4n) is 2.46. The van der Waals surface area contributed by atoms with Crippen molar-refractivity contribution in [1.82, 2.24) is 15.0 Å². The van der Waals surface area contributed by atoms with Crippen molar-refractivity contribution in [3.63, 3.8) is 0 Å². The Hall–Kier alpha value is -2.33. The number of fused-ring (bicyclic) bond motifs is 3. The predicted octanol–water partition coefficient (Wildman–Crippen LogP) is 3.83. The maximum atomic E-state index is 4.47. The molecule has 0 N–H and O–H groups in total. The second-order valence-corrected chi connectivity index (χ2v) is 5.68. The molecule has 0 unspecified atom stereocenters.